The number of carbonyl (C=O) groups excluding carboxylic acids is 2. The van der Waals surface area contributed by atoms with Crippen molar-refractivity contribution in [2.24, 2.45) is 10.7 Å². The van der Waals surface area contributed by atoms with Gasteiger partial charge in [0.05, 0.1) is 35.6 Å². The van der Waals surface area contributed by atoms with Crippen LogP contribution in [0, 0.1) is 0 Å². The minimum Gasteiger partial charge on any atom is -0.393 e. The molecule has 0 atom stereocenters. The second-order valence-corrected chi connectivity index (χ2v) is 7.69. The quantitative estimate of drug-likeness (QED) is 0.356. The second-order valence-electron chi connectivity index (χ2n) is 7.69. The van der Waals surface area contributed by atoms with E-state index in [1.807, 2.05) is 6.07 Å². The Morgan fingerprint density at radius 1 is 1.25 bits per heavy atom. The van der Waals surface area contributed by atoms with Crippen molar-refractivity contribution in [3.63, 3.8) is 0 Å². The molecule has 0 bridgehead atoms. The third-order valence-corrected chi connectivity index (χ3v) is 5.14. The van der Waals surface area contributed by atoms with Crippen LogP contribution in [0.5, 0.6) is 0 Å². The normalized spacial score (nSPS) is 17.0. The van der Waals surface area contributed by atoms with E-state index in [1.54, 1.807) is 18.5 Å². The number of anilines is 2. The summed E-state index contributed by atoms with van der Waals surface area (Å²) in [6.45, 7) is 0.393. The summed E-state index contributed by atoms with van der Waals surface area (Å²) in [5, 5.41) is 15.2. The van der Waals surface area contributed by atoms with Crippen molar-refractivity contribution in [2.75, 3.05) is 25.5 Å². The minimum absolute atomic E-state index is 0.0662. The molecular weight excluding hydrogens is 412 g/mol. The van der Waals surface area contributed by atoms with Gasteiger partial charge in [-0.15, -0.1) is 0 Å². The van der Waals surface area contributed by atoms with Crippen molar-refractivity contribution < 1.29 is 14.7 Å². The van der Waals surface area contributed by atoms with Crippen LogP contribution >= 0.6 is 0 Å². The van der Waals surface area contributed by atoms with E-state index in [9.17, 15) is 14.7 Å². The number of aromatic nitrogens is 3. The Labute approximate surface area is 184 Å². The molecule has 2 amide bonds. The molecule has 1 saturated carbocycles. The fourth-order valence-electron chi connectivity index (χ4n) is 3.26. The smallest absolute Gasteiger partial charge is 0.276 e. The number of aliphatic hydroxyl groups excluding tert-OH is 1. The number of nitrogens with zero attached hydrogens (tertiary/aromatic N) is 5. The van der Waals surface area contributed by atoms with Crippen LogP contribution < -0.4 is 16.4 Å². The van der Waals surface area contributed by atoms with Crippen molar-refractivity contribution in [2.45, 2.75) is 24.9 Å². The monoisotopic (exact) mass is 436 g/mol. The number of β-amino-alcohol motifs (C(OH)–C–C–N with tert-alkyl or cyclic N) is 1. The third-order valence-electron chi connectivity index (χ3n) is 5.14. The van der Waals surface area contributed by atoms with Gasteiger partial charge in [0.1, 0.15) is 12.0 Å². The zero-order valence-electron chi connectivity index (χ0n) is 17.5. The minimum atomic E-state index is -0.561. The molecule has 2 aromatic heterocycles. The zero-order valence-corrected chi connectivity index (χ0v) is 17.5. The molecule has 2 aromatic rings. The van der Waals surface area contributed by atoms with Gasteiger partial charge in [0.25, 0.3) is 11.8 Å². The van der Waals surface area contributed by atoms with Crippen LogP contribution in [0.15, 0.2) is 47.2 Å². The molecule has 11 heteroatoms. The van der Waals surface area contributed by atoms with Crippen molar-refractivity contribution >= 4 is 29.4 Å². The highest BCUT2D eigenvalue weighted by atomic mass is 16.3. The first-order valence-electron chi connectivity index (χ1n) is 10.2. The van der Waals surface area contributed by atoms with Crippen LogP contribution in [0.25, 0.3) is 0 Å². The largest absolute Gasteiger partial charge is 0.393 e. The number of carbonyl (C=O) groups is 2. The molecule has 0 spiro atoms. The lowest BCUT2D eigenvalue weighted by molar-refractivity contribution is -0.137. The van der Waals surface area contributed by atoms with Gasteiger partial charge in [-0.3, -0.25) is 14.6 Å². The van der Waals surface area contributed by atoms with Crippen LogP contribution in [0.4, 0.5) is 11.4 Å². The molecule has 5 N–H and O–H groups in total. The van der Waals surface area contributed by atoms with Crippen LogP contribution in [0.2, 0.25) is 0 Å². The molecular formula is C21H24N8O3. The number of aliphatic imine (C=N–C) groups is 1. The number of likely N-dealkylation sites (tertiary alicyclic amines) is 1. The molecule has 2 fully saturated rings. The summed E-state index contributed by atoms with van der Waals surface area (Å²) in [7, 11) is 1.51. The van der Waals surface area contributed by atoms with Crippen LogP contribution in [0.1, 0.15) is 34.9 Å². The Bertz CT molecular complexity index is 1080. The molecule has 11 nitrogen and oxygen atoms in total. The summed E-state index contributed by atoms with van der Waals surface area (Å²) < 4.78 is 0. The van der Waals surface area contributed by atoms with E-state index < -0.39 is 17.9 Å². The van der Waals surface area contributed by atoms with Crippen LogP contribution in [-0.2, 0) is 4.79 Å². The van der Waals surface area contributed by atoms with Gasteiger partial charge in [-0.25, -0.2) is 15.0 Å². The standard InChI is InChI=1S/C21H24N8O3/c1-23-8-17(18(22)21(32)29-9-14(30)10-29)28-20(31)19-16(26-13-6-24-11-25-7-13)5-4-15(27-19)12-2-3-12/h4-8,11-12,14,26,30H,2-3,9-10,22H2,1H3,(H,28,31). The zero-order chi connectivity index (χ0) is 22.7. The molecule has 0 aromatic carbocycles. The molecule has 1 aliphatic carbocycles. The predicted octanol–water partition coefficient (Wildman–Crippen LogP) is 0.296. The molecule has 0 unspecified atom stereocenters. The number of hydrogen-bond donors (Lipinski definition) is 4. The maximum Gasteiger partial charge on any atom is 0.276 e. The van der Waals surface area contributed by atoms with E-state index in [1.165, 1.54) is 24.5 Å². The topological polar surface area (TPSA) is 159 Å². The Morgan fingerprint density at radius 2 is 1.97 bits per heavy atom. The number of aliphatic hydroxyl groups is 1. The number of rotatable bonds is 7. The summed E-state index contributed by atoms with van der Waals surface area (Å²) in [4.78, 5) is 43.5. The second kappa shape index (κ2) is 9.10. The highest BCUT2D eigenvalue weighted by molar-refractivity contribution is 6.05. The lowest BCUT2D eigenvalue weighted by Gasteiger charge is -2.36. The van der Waals surface area contributed by atoms with Gasteiger partial charge < -0.3 is 26.4 Å². The van der Waals surface area contributed by atoms with E-state index >= 15 is 0 Å². The van der Waals surface area contributed by atoms with Crippen LogP contribution in [-0.4, -0.2) is 69.2 Å². The van der Waals surface area contributed by atoms with Gasteiger partial charge in [-0.05, 0) is 25.0 Å². The molecule has 1 saturated heterocycles. The first kappa shape index (κ1) is 21.4. The molecule has 32 heavy (non-hydrogen) atoms. The third kappa shape index (κ3) is 4.72. The Morgan fingerprint density at radius 3 is 2.59 bits per heavy atom. The summed E-state index contributed by atoms with van der Waals surface area (Å²) >= 11 is 0. The van der Waals surface area contributed by atoms with Gasteiger partial charge >= 0.3 is 0 Å². The maximum absolute atomic E-state index is 13.2. The Kier molecular flexibility index (Phi) is 6.08. The summed E-state index contributed by atoms with van der Waals surface area (Å²) in [6, 6.07) is 3.67. The lowest BCUT2D eigenvalue weighted by atomic mass is 10.1. The van der Waals surface area contributed by atoms with Crippen LogP contribution in [0.3, 0.4) is 0 Å². The average Bonchev–Trinajstić information content (AvgIpc) is 3.62. The van der Waals surface area contributed by atoms with E-state index in [0.29, 0.717) is 17.3 Å². The average molecular weight is 436 g/mol. The van der Waals surface area contributed by atoms with E-state index in [-0.39, 0.29) is 30.2 Å². The number of allylic oxidation sites excluding steroid dienone is 1. The van der Waals surface area contributed by atoms with Gasteiger partial charge in [-0.1, -0.05) is 0 Å². The summed E-state index contributed by atoms with van der Waals surface area (Å²) in [6.07, 6.45) is 7.38. The van der Waals surface area contributed by atoms with E-state index in [0.717, 1.165) is 18.5 Å². The SMILES string of the molecule is CN=CC(NC(=O)c1nc(C2CC2)ccc1Nc1cncnc1)=C(N)C(=O)N1CC(O)C1. The molecule has 1 aliphatic heterocycles. The van der Waals surface area contributed by atoms with Crippen molar-refractivity contribution in [3.8, 4) is 0 Å². The maximum atomic E-state index is 13.2. The predicted molar refractivity (Wildman–Crippen MR) is 117 cm³/mol. The van der Waals surface area contributed by atoms with Crippen molar-refractivity contribution in [3.05, 3.63) is 53.6 Å². The lowest BCUT2D eigenvalue weighted by Crippen LogP contribution is -2.55. The molecule has 3 heterocycles. The number of amides is 2. The number of pyridine rings is 1. The number of hydrogen-bond acceptors (Lipinski definition) is 9. The fraction of sp³-hybridized carbons (Fsp3) is 0.333. The first-order chi connectivity index (χ1) is 15.5. The Hall–Kier alpha value is -3.86. The number of nitrogens with one attached hydrogen (secondary N) is 2. The van der Waals surface area contributed by atoms with Gasteiger partial charge in [0.2, 0.25) is 0 Å². The molecule has 2 aliphatic rings. The Balaban J connectivity index is 1.62. The number of nitrogens with two attached hydrogens (primary N) is 1. The summed E-state index contributed by atoms with van der Waals surface area (Å²) in [5.41, 5.74) is 7.97. The highest BCUT2D eigenvalue weighted by Gasteiger charge is 2.31. The molecule has 166 valence electrons. The fourth-order valence-corrected chi connectivity index (χ4v) is 3.26. The first-order valence-corrected chi connectivity index (χ1v) is 10.2. The summed E-state index contributed by atoms with van der Waals surface area (Å²) in [5.74, 6) is -0.682. The van der Waals surface area contributed by atoms with Gasteiger partial charge in [0, 0.05) is 38.0 Å². The van der Waals surface area contributed by atoms with E-state index in [4.69, 9.17) is 5.73 Å². The van der Waals surface area contributed by atoms with Crippen molar-refractivity contribution in [1.82, 2.24) is 25.2 Å². The van der Waals surface area contributed by atoms with Gasteiger partial charge in [-0.2, -0.15) is 0 Å². The molecule has 0 radical (unpaired) electrons. The van der Waals surface area contributed by atoms with Crippen molar-refractivity contribution in [1.29, 1.82) is 0 Å². The highest BCUT2D eigenvalue weighted by Crippen LogP contribution is 2.39. The molecule has 4 rings (SSSR count). The van der Waals surface area contributed by atoms with Gasteiger partial charge in [0.15, 0.2) is 5.69 Å². The van der Waals surface area contributed by atoms with E-state index in [2.05, 4.69) is 30.6 Å².